The predicted molar refractivity (Wildman–Crippen MR) is 78.3 cm³/mol. The number of nitrogens with one attached hydrogen (secondary N) is 1. The van der Waals surface area contributed by atoms with E-state index < -0.39 is 0 Å². The first-order valence-corrected chi connectivity index (χ1v) is 6.69. The van der Waals surface area contributed by atoms with Crippen molar-refractivity contribution in [2.75, 3.05) is 0 Å². The second-order valence-corrected chi connectivity index (χ2v) is 5.40. The number of hydrogen-bond donors (Lipinski definition) is 1. The van der Waals surface area contributed by atoms with Gasteiger partial charge in [-0.05, 0) is 23.3 Å². The van der Waals surface area contributed by atoms with E-state index in [1.165, 1.54) is 0 Å². The smallest absolute Gasteiger partial charge is 0.247 e. The summed E-state index contributed by atoms with van der Waals surface area (Å²) in [5, 5.41) is 7.78. The summed E-state index contributed by atoms with van der Waals surface area (Å²) in [5.41, 5.74) is 3.64. The van der Waals surface area contributed by atoms with Crippen molar-refractivity contribution in [3.63, 3.8) is 0 Å². The average molecular weight is 288 g/mol. The predicted octanol–water partition coefficient (Wildman–Crippen LogP) is 2.86. The molecule has 0 saturated carbocycles. The Balaban J connectivity index is 2.07. The van der Waals surface area contributed by atoms with Crippen molar-refractivity contribution in [2.45, 2.75) is 12.5 Å². The molecule has 1 fully saturated rings. The third-order valence-corrected chi connectivity index (χ3v) is 3.72. The van der Waals surface area contributed by atoms with Crippen LogP contribution in [-0.4, -0.2) is 15.7 Å². The van der Waals surface area contributed by atoms with Gasteiger partial charge in [0.15, 0.2) is 0 Å². The van der Waals surface area contributed by atoms with E-state index in [2.05, 4.69) is 17.0 Å². The fourth-order valence-corrected chi connectivity index (χ4v) is 2.66. The van der Waals surface area contributed by atoms with E-state index in [9.17, 15) is 4.79 Å². The van der Waals surface area contributed by atoms with Gasteiger partial charge in [-0.15, -0.1) is 0 Å². The number of hydrogen-bond acceptors (Lipinski definition) is 2. The molecule has 1 unspecified atom stereocenters. The molecule has 1 amide bonds. The highest BCUT2D eigenvalue weighted by molar-refractivity contribution is 6.30. The van der Waals surface area contributed by atoms with E-state index in [-0.39, 0.29) is 11.9 Å². The summed E-state index contributed by atoms with van der Waals surface area (Å²) in [6, 6.07) is 5.62. The molecule has 1 aromatic heterocycles. The summed E-state index contributed by atoms with van der Waals surface area (Å²) in [6.07, 6.45) is 4.35. The van der Waals surface area contributed by atoms with Crippen molar-refractivity contribution in [1.82, 2.24) is 15.1 Å². The Morgan fingerprint density at radius 2 is 2.30 bits per heavy atom. The van der Waals surface area contributed by atoms with Gasteiger partial charge in [-0.25, -0.2) is 0 Å². The van der Waals surface area contributed by atoms with Crippen molar-refractivity contribution < 1.29 is 4.79 Å². The van der Waals surface area contributed by atoms with Crippen LogP contribution in [0.5, 0.6) is 0 Å². The third-order valence-electron chi connectivity index (χ3n) is 3.48. The number of benzene rings is 1. The quantitative estimate of drug-likeness (QED) is 0.864. The lowest BCUT2D eigenvalue weighted by Crippen LogP contribution is -2.19. The van der Waals surface area contributed by atoms with Crippen LogP contribution < -0.4 is 5.32 Å². The van der Waals surface area contributed by atoms with Gasteiger partial charge >= 0.3 is 0 Å². The number of amides is 1. The normalized spacial score (nSPS) is 18.4. The molecule has 20 heavy (non-hydrogen) atoms. The molecular formula is C15H14ClN3O. The van der Waals surface area contributed by atoms with Crippen molar-refractivity contribution >= 4 is 17.5 Å². The molecule has 0 bridgehead atoms. The van der Waals surface area contributed by atoms with Gasteiger partial charge in [0.1, 0.15) is 0 Å². The molecule has 1 aromatic carbocycles. The van der Waals surface area contributed by atoms with Crippen LogP contribution in [0.1, 0.15) is 18.0 Å². The number of aryl methyl sites for hydroxylation is 1. The Bertz CT molecular complexity index is 689. The SMILES string of the molecule is C=C1CC(c2cc(Cl)ccc2-c2cnn(C)c2)NC1=O. The van der Waals surface area contributed by atoms with Gasteiger partial charge < -0.3 is 5.32 Å². The van der Waals surface area contributed by atoms with Gasteiger partial charge in [0.05, 0.1) is 12.2 Å². The molecule has 1 N–H and O–H groups in total. The van der Waals surface area contributed by atoms with Gasteiger partial charge in [0.2, 0.25) is 5.91 Å². The summed E-state index contributed by atoms with van der Waals surface area (Å²) >= 11 is 6.10. The molecule has 0 aliphatic carbocycles. The minimum absolute atomic E-state index is 0.0797. The summed E-state index contributed by atoms with van der Waals surface area (Å²) in [7, 11) is 1.87. The van der Waals surface area contributed by atoms with E-state index in [1.54, 1.807) is 10.9 Å². The fraction of sp³-hybridized carbons (Fsp3) is 0.200. The number of nitrogens with zero attached hydrogens (tertiary/aromatic N) is 2. The summed E-state index contributed by atoms with van der Waals surface area (Å²) in [6.45, 7) is 3.78. The number of rotatable bonds is 2. The molecule has 5 heteroatoms. The Hall–Kier alpha value is -2.07. The standard InChI is InChI=1S/C15H14ClN3O/c1-9-5-14(18-15(9)20)13-6-11(16)3-4-12(13)10-7-17-19(2)8-10/h3-4,6-8,14H,1,5H2,2H3,(H,18,20). The van der Waals surface area contributed by atoms with Crippen molar-refractivity contribution in [2.24, 2.45) is 7.05 Å². The molecule has 0 spiro atoms. The molecule has 1 atom stereocenters. The van der Waals surface area contributed by atoms with Crippen LogP contribution in [0.25, 0.3) is 11.1 Å². The van der Waals surface area contributed by atoms with Crippen LogP contribution in [0.15, 0.2) is 42.7 Å². The van der Waals surface area contributed by atoms with Gasteiger partial charge in [0, 0.05) is 35.8 Å². The second-order valence-electron chi connectivity index (χ2n) is 4.97. The first kappa shape index (κ1) is 12.9. The molecule has 1 aliphatic heterocycles. The molecule has 2 heterocycles. The summed E-state index contributed by atoms with van der Waals surface area (Å²) in [4.78, 5) is 11.6. The second kappa shape index (κ2) is 4.80. The first-order valence-electron chi connectivity index (χ1n) is 6.31. The largest absolute Gasteiger partial charge is 0.345 e. The van der Waals surface area contributed by atoms with Gasteiger partial charge in [-0.3, -0.25) is 9.48 Å². The Morgan fingerprint density at radius 3 is 2.90 bits per heavy atom. The van der Waals surface area contributed by atoms with Crippen LogP contribution in [0.4, 0.5) is 0 Å². The summed E-state index contributed by atoms with van der Waals surface area (Å²) in [5.74, 6) is -0.0906. The monoisotopic (exact) mass is 287 g/mol. The van der Waals surface area contributed by atoms with Crippen LogP contribution >= 0.6 is 11.6 Å². The highest BCUT2D eigenvalue weighted by Crippen LogP contribution is 2.35. The zero-order chi connectivity index (χ0) is 14.3. The lowest BCUT2D eigenvalue weighted by molar-refractivity contribution is -0.116. The zero-order valence-corrected chi connectivity index (χ0v) is 11.8. The lowest BCUT2D eigenvalue weighted by Gasteiger charge is -2.15. The van der Waals surface area contributed by atoms with Crippen LogP contribution in [0, 0.1) is 0 Å². The van der Waals surface area contributed by atoms with E-state index in [4.69, 9.17) is 11.6 Å². The molecule has 1 saturated heterocycles. The molecule has 4 nitrogen and oxygen atoms in total. The van der Waals surface area contributed by atoms with Gasteiger partial charge in [0.25, 0.3) is 0 Å². The highest BCUT2D eigenvalue weighted by Gasteiger charge is 2.28. The number of aromatic nitrogens is 2. The maximum absolute atomic E-state index is 11.6. The van der Waals surface area contributed by atoms with Crippen molar-refractivity contribution in [3.05, 3.63) is 53.3 Å². The number of halogens is 1. The van der Waals surface area contributed by atoms with Crippen LogP contribution in [0.3, 0.4) is 0 Å². The van der Waals surface area contributed by atoms with Crippen LogP contribution in [-0.2, 0) is 11.8 Å². The first-order chi connectivity index (χ1) is 9.54. The molecule has 102 valence electrons. The number of carbonyl (C=O) groups is 1. The van der Waals surface area contributed by atoms with Gasteiger partial charge in [-0.1, -0.05) is 24.2 Å². The molecule has 2 aromatic rings. The Labute approximate surface area is 122 Å². The minimum Gasteiger partial charge on any atom is -0.345 e. The average Bonchev–Trinajstić information content (AvgIpc) is 2.97. The van der Waals surface area contributed by atoms with Crippen molar-refractivity contribution in [3.8, 4) is 11.1 Å². The lowest BCUT2D eigenvalue weighted by atomic mass is 9.95. The molecule has 1 aliphatic rings. The fourth-order valence-electron chi connectivity index (χ4n) is 2.48. The summed E-state index contributed by atoms with van der Waals surface area (Å²) < 4.78 is 1.75. The van der Waals surface area contributed by atoms with Crippen LogP contribution in [0.2, 0.25) is 5.02 Å². The topological polar surface area (TPSA) is 46.9 Å². The Kier molecular flexibility index (Phi) is 3.10. The number of carbonyl (C=O) groups excluding carboxylic acids is 1. The van der Waals surface area contributed by atoms with E-state index in [1.807, 2.05) is 31.4 Å². The van der Waals surface area contributed by atoms with Crippen molar-refractivity contribution in [1.29, 1.82) is 0 Å². The highest BCUT2D eigenvalue weighted by atomic mass is 35.5. The van der Waals surface area contributed by atoms with E-state index >= 15 is 0 Å². The van der Waals surface area contributed by atoms with Gasteiger partial charge in [-0.2, -0.15) is 5.10 Å². The van der Waals surface area contributed by atoms with E-state index in [0.29, 0.717) is 17.0 Å². The Morgan fingerprint density at radius 1 is 1.50 bits per heavy atom. The molecule has 3 rings (SSSR count). The van der Waals surface area contributed by atoms with E-state index in [0.717, 1.165) is 16.7 Å². The minimum atomic E-state index is -0.0906. The maximum atomic E-state index is 11.6. The zero-order valence-electron chi connectivity index (χ0n) is 11.1. The maximum Gasteiger partial charge on any atom is 0.247 e. The third kappa shape index (κ3) is 2.23. The molecular weight excluding hydrogens is 274 g/mol. The molecule has 0 radical (unpaired) electrons.